The number of rotatable bonds is 5. The van der Waals surface area contributed by atoms with Gasteiger partial charge < -0.3 is 10.0 Å². The van der Waals surface area contributed by atoms with Crippen LogP contribution in [0.25, 0.3) is 0 Å². The lowest BCUT2D eigenvalue weighted by Gasteiger charge is -2.21. The van der Waals surface area contributed by atoms with Crippen molar-refractivity contribution in [3.63, 3.8) is 0 Å². The zero-order valence-electron chi connectivity index (χ0n) is 11.1. The highest BCUT2D eigenvalue weighted by molar-refractivity contribution is 7.83. The second-order valence-corrected chi connectivity index (χ2v) is 5.78. The molecule has 0 fully saturated rings. The predicted molar refractivity (Wildman–Crippen MR) is 73.4 cm³/mol. The minimum absolute atomic E-state index is 0.362. The summed E-state index contributed by atoms with van der Waals surface area (Å²) in [5.74, 6) is -1.04. The van der Waals surface area contributed by atoms with Crippen molar-refractivity contribution in [3.8, 4) is 0 Å². The molecule has 2 atom stereocenters. The molecule has 0 bridgehead atoms. The van der Waals surface area contributed by atoms with E-state index in [1.165, 1.54) is 18.9 Å². The molecule has 0 aromatic heterocycles. The zero-order chi connectivity index (χ0) is 14.6. The van der Waals surface area contributed by atoms with Crippen LogP contribution >= 0.6 is 0 Å². The topological polar surface area (TPSA) is 74.7 Å². The highest BCUT2D eigenvalue weighted by atomic mass is 32.2. The number of carboxylic acids is 1. The van der Waals surface area contributed by atoms with Gasteiger partial charge in [-0.15, -0.1) is 0 Å². The fourth-order valence-electron chi connectivity index (χ4n) is 1.57. The number of carbonyl (C=O) groups is 2. The first kappa shape index (κ1) is 15.4. The fraction of sp³-hybridized carbons (Fsp3) is 0.385. The average molecular weight is 283 g/mol. The minimum Gasteiger partial charge on any atom is -0.480 e. The van der Waals surface area contributed by atoms with Gasteiger partial charge in [0.2, 0.25) is 0 Å². The molecule has 0 saturated heterocycles. The molecule has 1 amide bonds. The van der Waals surface area contributed by atoms with Crippen LogP contribution in [0.2, 0.25) is 0 Å². The Morgan fingerprint density at radius 3 is 2.58 bits per heavy atom. The van der Waals surface area contributed by atoms with E-state index in [0.29, 0.717) is 11.3 Å². The largest absolute Gasteiger partial charge is 0.480 e. The molecule has 5 nitrogen and oxygen atoms in total. The molecule has 1 rings (SSSR count). The summed E-state index contributed by atoms with van der Waals surface area (Å²) in [6, 6.07) is 5.87. The summed E-state index contributed by atoms with van der Waals surface area (Å²) in [6.45, 7) is 1.45. The van der Waals surface area contributed by atoms with Crippen LogP contribution in [0.4, 0.5) is 0 Å². The first-order chi connectivity index (χ1) is 8.82. The maximum Gasteiger partial charge on any atom is 0.326 e. The van der Waals surface area contributed by atoms with Crippen molar-refractivity contribution >= 4 is 22.7 Å². The van der Waals surface area contributed by atoms with Gasteiger partial charge in [-0.05, 0) is 24.6 Å². The summed E-state index contributed by atoms with van der Waals surface area (Å²) in [6.07, 6.45) is 1.59. The van der Waals surface area contributed by atoms with E-state index in [2.05, 4.69) is 0 Å². The molecule has 2 unspecified atom stereocenters. The molecule has 0 aliphatic carbocycles. The fourth-order valence-corrected chi connectivity index (χ4v) is 2.22. The summed E-state index contributed by atoms with van der Waals surface area (Å²) < 4.78 is 11.2. The standard InChI is InChI=1S/C13H17NO4S/c1-9(13(16)17)14(2)12(15)11-6-4-5-10(7-11)8-19(3)18/h4-7,9H,8H2,1-3H3,(H,16,17). The minimum atomic E-state index is -1.05. The number of hydrogen-bond donors (Lipinski definition) is 1. The van der Waals surface area contributed by atoms with E-state index >= 15 is 0 Å². The highest BCUT2D eigenvalue weighted by Crippen LogP contribution is 2.11. The molecule has 0 spiro atoms. The van der Waals surface area contributed by atoms with Gasteiger partial charge in [0.05, 0.1) is 0 Å². The first-order valence-electron chi connectivity index (χ1n) is 5.72. The van der Waals surface area contributed by atoms with Gasteiger partial charge in [0, 0.05) is 35.4 Å². The second-order valence-electron chi connectivity index (χ2n) is 4.35. The van der Waals surface area contributed by atoms with Crippen molar-refractivity contribution in [1.29, 1.82) is 0 Å². The van der Waals surface area contributed by atoms with Gasteiger partial charge in [-0.25, -0.2) is 4.79 Å². The van der Waals surface area contributed by atoms with Crippen LogP contribution in [0.1, 0.15) is 22.8 Å². The van der Waals surface area contributed by atoms with Gasteiger partial charge in [-0.1, -0.05) is 12.1 Å². The Hall–Kier alpha value is -1.69. The molecule has 1 aromatic carbocycles. The molecule has 104 valence electrons. The normalized spacial score (nSPS) is 13.6. The monoisotopic (exact) mass is 283 g/mol. The number of carboxylic acid groups (broad SMARTS) is 1. The Labute approximate surface area is 114 Å². The Bertz CT molecular complexity index is 515. The van der Waals surface area contributed by atoms with E-state index < -0.39 is 22.8 Å². The van der Waals surface area contributed by atoms with Crippen LogP contribution in [0.15, 0.2) is 24.3 Å². The summed E-state index contributed by atoms with van der Waals surface area (Å²) in [4.78, 5) is 24.1. The lowest BCUT2D eigenvalue weighted by molar-refractivity contribution is -0.141. The van der Waals surface area contributed by atoms with Crippen molar-refractivity contribution in [1.82, 2.24) is 4.90 Å². The number of benzene rings is 1. The molecule has 0 aliphatic rings. The number of aliphatic carboxylic acids is 1. The van der Waals surface area contributed by atoms with E-state index in [9.17, 15) is 13.8 Å². The molecule has 0 radical (unpaired) electrons. The van der Waals surface area contributed by atoms with Gasteiger partial charge >= 0.3 is 5.97 Å². The molecule has 1 N–H and O–H groups in total. The Morgan fingerprint density at radius 2 is 2.05 bits per heavy atom. The summed E-state index contributed by atoms with van der Waals surface area (Å²) >= 11 is 0. The Kier molecular flexibility index (Phi) is 5.23. The van der Waals surface area contributed by atoms with Gasteiger partial charge in [0.15, 0.2) is 0 Å². The number of carbonyl (C=O) groups excluding carboxylic acids is 1. The van der Waals surface area contributed by atoms with E-state index in [1.807, 2.05) is 0 Å². The third-order valence-corrected chi connectivity index (χ3v) is 3.54. The van der Waals surface area contributed by atoms with Crippen molar-refractivity contribution in [3.05, 3.63) is 35.4 Å². The van der Waals surface area contributed by atoms with Crippen LogP contribution in [0.3, 0.4) is 0 Å². The lowest BCUT2D eigenvalue weighted by Crippen LogP contribution is -2.40. The van der Waals surface area contributed by atoms with Gasteiger partial charge in [0.25, 0.3) is 5.91 Å². The third kappa shape index (κ3) is 4.17. The molecule has 0 aliphatic heterocycles. The van der Waals surface area contributed by atoms with Crippen molar-refractivity contribution < 1.29 is 18.9 Å². The molecule has 6 heteroatoms. The van der Waals surface area contributed by atoms with Crippen molar-refractivity contribution in [2.75, 3.05) is 13.3 Å². The number of amides is 1. The number of likely N-dealkylation sites (N-methyl/N-ethyl adjacent to an activating group) is 1. The SMILES string of the molecule is CC(C(=O)O)N(C)C(=O)c1cccc(CS(C)=O)c1. The lowest BCUT2D eigenvalue weighted by atomic mass is 10.1. The van der Waals surface area contributed by atoms with Crippen LogP contribution in [0.5, 0.6) is 0 Å². The van der Waals surface area contributed by atoms with Crippen LogP contribution < -0.4 is 0 Å². The second kappa shape index (κ2) is 6.47. The summed E-state index contributed by atoms with van der Waals surface area (Å²) in [5.41, 5.74) is 1.20. The zero-order valence-corrected chi connectivity index (χ0v) is 11.9. The summed E-state index contributed by atoms with van der Waals surface area (Å²) in [7, 11) is 0.466. The first-order valence-corrected chi connectivity index (χ1v) is 7.44. The average Bonchev–Trinajstić information content (AvgIpc) is 2.35. The molecule has 0 heterocycles. The van der Waals surface area contributed by atoms with E-state index in [0.717, 1.165) is 5.56 Å². The van der Waals surface area contributed by atoms with Crippen LogP contribution in [-0.2, 0) is 21.3 Å². The predicted octanol–water partition coefficient (Wildman–Crippen LogP) is 1.11. The van der Waals surface area contributed by atoms with Crippen molar-refractivity contribution in [2.45, 2.75) is 18.7 Å². The third-order valence-electron chi connectivity index (χ3n) is 2.80. The van der Waals surface area contributed by atoms with Gasteiger partial charge in [0.1, 0.15) is 6.04 Å². The quantitative estimate of drug-likeness (QED) is 0.878. The van der Waals surface area contributed by atoms with Crippen molar-refractivity contribution in [2.24, 2.45) is 0 Å². The van der Waals surface area contributed by atoms with E-state index in [-0.39, 0.29) is 5.91 Å². The van der Waals surface area contributed by atoms with E-state index in [4.69, 9.17) is 5.11 Å². The van der Waals surface area contributed by atoms with Gasteiger partial charge in [-0.2, -0.15) is 0 Å². The highest BCUT2D eigenvalue weighted by Gasteiger charge is 2.22. The molecule has 0 saturated carbocycles. The molecular weight excluding hydrogens is 266 g/mol. The molecule has 1 aromatic rings. The molecule has 19 heavy (non-hydrogen) atoms. The number of hydrogen-bond acceptors (Lipinski definition) is 3. The Balaban J connectivity index is 2.93. The maximum atomic E-state index is 12.1. The Morgan fingerprint density at radius 1 is 1.42 bits per heavy atom. The van der Waals surface area contributed by atoms with E-state index in [1.54, 1.807) is 30.5 Å². The van der Waals surface area contributed by atoms with Crippen LogP contribution in [0, 0.1) is 0 Å². The van der Waals surface area contributed by atoms with Gasteiger partial charge in [-0.3, -0.25) is 9.00 Å². The van der Waals surface area contributed by atoms with Crippen LogP contribution in [-0.4, -0.2) is 45.4 Å². The molecular formula is C13H17NO4S. The maximum absolute atomic E-state index is 12.1. The number of nitrogens with zero attached hydrogens (tertiary/aromatic N) is 1. The smallest absolute Gasteiger partial charge is 0.326 e. The summed E-state index contributed by atoms with van der Waals surface area (Å²) in [5, 5.41) is 8.89.